The number of nitro benzene ring substituents is 1. The number of nitrogens with zero attached hydrogens (tertiary/aromatic N) is 7. The summed E-state index contributed by atoms with van der Waals surface area (Å²) >= 11 is 0. The Kier molecular flexibility index (Phi) is 6.71. The monoisotopic (exact) mass is 477 g/mol. The predicted molar refractivity (Wildman–Crippen MR) is 123 cm³/mol. The molecular formula is C21H19N9O5. The highest BCUT2D eigenvalue weighted by atomic mass is 16.6. The molecule has 0 spiro atoms. The highest BCUT2D eigenvalue weighted by molar-refractivity contribution is 5.99. The molecule has 3 N–H and O–H groups in total. The van der Waals surface area contributed by atoms with E-state index in [1.54, 1.807) is 30.3 Å². The fourth-order valence-electron chi connectivity index (χ4n) is 3.09. The molecule has 4 rings (SSSR count). The number of amides is 1. The third-order valence-corrected chi connectivity index (χ3v) is 4.69. The average Bonchev–Trinajstić information content (AvgIpc) is 3.49. The van der Waals surface area contributed by atoms with Gasteiger partial charge in [0.25, 0.3) is 11.6 Å². The summed E-state index contributed by atoms with van der Waals surface area (Å²) in [5.41, 5.74) is 8.87. The van der Waals surface area contributed by atoms with Gasteiger partial charge < -0.3 is 10.5 Å². The molecule has 0 aliphatic carbocycles. The van der Waals surface area contributed by atoms with Crippen LogP contribution in [0.1, 0.15) is 29.4 Å². The summed E-state index contributed by atoms with van der Waals surface area (Å²) in [5.74, 6) is -0.0820. The lowest BCUT2D eigenvalue weighted by atomic mass is 10.1. The molecule has 0 unspecified atom stereocenters. The van der Waals surface area contributed by atoms with Crippen LogP contribution in [0.2, 0.25) is 0 Å². The lowest BCUT2D eigenvalue weighted by molar-refractivity contribution is -0.385. The molecule has 4 aromatic rings. The third kappa shape index (κ3) is 4.95. The van der Waals surface area contributed by atoms with E-state index in [2.05, 4.69) is 35.8 Å². The van der Waals surface area contributed by atoms with Crippen LogP contribution in [0, 0.1) is 10.1 Å². The van der Waals surface area contributed by atoms with Gasteiger partial charge in [0.2, 0.25) is 11.6 Å². The van der Waals surface area contributed by atoms with Gasteiger partial charge in [0.05, 0.1) is 23.3 Å². The number of nitrogen functional groups attached to an aromatic ring is 1. The number of carbonyl (C=O) groups is 1. The molecule has 35 heavy (non-hydrogen) atoms. The van der Waals surface area contributed by atoms with E-state index in [0.717, 1.165) is 6.42 Å². The van der Waals surface area contributed by atoms with Crippen LogP contribution in [0.15, 0.2) is 58.3 Å². The molecule has 0 aliphatic heterocycles. The van der Waals surface area contributed by atoms with Crippen LogP contribution in [-0.4, -0.2) is 49.0 Å². The molecule has 178 valence electrons. The van der Waals surface area contributed by atoms with Crippen molar-refractivity contribution in [2.75, 3.05) is 12.3 Å². The number of nitrogens with one attached hydrogen (secondary N) is 1. The van der Waals surface area contributed by atoms with Gasteiger partial charge in [-0.15, -0.1) is 5.10 Å². The first-order chi connectivity index (χ1) is 17.0. The van der Waals surface area contributed by atoms with Crippen molar-refractivity contribution in [3.8, 4) is 22.8 Å². The topological polar surface area (TPSA) is 189 Å². The van der Waals surface area contributed by atoms with Crippen molar-refractivity contribution in [1.82, 2.24) is 30.7 Å². The van der Waals surface area contributed by atoms with Crippen LogP contribution in [-0.2, 0) is 0 Å². The molecule has 1 amide bonds. The number of hydrazone groups is 1. The second-order valence-electron chi connectivity index (χ2n) is 7.06. The van der Waals surface area contributed by atoms with Crippen molar-refractivity contribution >= 4 is 23.6 Å². The van der Waals surface area contributed by atoms with E-state index < -0.39 is 10.8 Å². The Bertz CT molecular complexity index is 1380. The minimum Gasteiger partial charge on any atom is -0.494 e. The van der Waals surface area contributed by atoms with Crippen LogP contribution < -0.4 is 15.9 Å². The zero-order valence-electron chi connectivity index (χ0n) is 18.4. The standard InChI is InChI=1S/C21H19N9O5/c1-2-11-34-15-9-7-13(8-10-15)18-17(24-28-29(18)20-19(22)26-35-27-20)21(31)25-23-12-14-5-3-4-6-16(14)30(32)33/h3-10,12H,2,11H2,1H3,(H2,22,26)(H,25,31)/b23-12+. The van der Waals surface area contributed by atoms with Gasteiger partial charge in [-0.3, -0.25) is 14.9 Å². The number of para-hydroxylation sites is 1. The first-order valence-electron chi connectivity index (χ1n) is 10.3. The van der Waals surface area contributed by atoms with Crippen molar-refractivity contribution in [2.45, 2.75) is 13.3 Å². The number of rotatable bonds is 9. The van der Waals surface area contributed by atoms with Gasteiger partial charge >= 0.3 is 0 Å². The largest absolute Gasteiger partial charge is 0.494 e. The van der Waals surface area contributed by atoms with Gasteiger partial charge in [0, 0.05) is 11.6 Å². The van der Waals surface area contributed by atoms with E-state index in [1.165, 1.54) is 29.1 Å². The second-order valence-corrected chi connectivity index (χ2v) is 7.06. The minimum atomic E-state index is -0.720. The van der Waals surface area contributed by atoms with Crippen molar-refractivity contribution in [1.29, 1.82) is 0 Å². The summed E-state index contributed by atoms with van der Waals surface area (Å²) in [5, 5.41) is 30.2. The maximum absolute atomic E-state index is 12.9. The van der Waals surface area contributed by atoms with Gasteiger partial charge in [0.15, 0.2) is 5.69 Å². The van der Waals surface area contributed by atoms with Crippen LogP contribution in [0.4, 0.5) is 11.5 Å². The Hall–Kier alpha value is -5.14. The maximum atomic E-state index is 12.9. The SMILES string of the molecule is CCCOc1ccc(-c2c(C(=O)N/N=C/c3ccccc3[N+](=O)[O-])nnn2-c2nonc2N)cc1. The average molecular weight is 477 g/mol. The molecule has 0 bridgehead atoms. The van der Waals surface area contributed by atoms with Crippen molar-refractivity contribution < 1.29 is 19.1 Å². The number of nitrogens with two attached hydrogens (primary N) is 1. The molecular weight excluding hydrogens is 458 g/mol. The second kappa shape index (κ2) is 10.2. The molecule has 14 nitrogen and oxygen atoms in total. The van der Waals surface area contributed by atoms with E-state index in [9.17, 15) is 14.9 Å². The highest BCUT2D eigenvalue weighted by Crippen LogP contribution is 2.28. The van der Waals surface area contributed by atoms with Gasteiger partial charge in [-0.05, 0) is 47.1 Å². The Morgan fingerprint density at radius 3 is 2.71 bits per heavy atom. The quantitative estimate of drug-likeness (QED) is 0.205. The fourth-order valence-corrected chi connectivity index (χ4v) is 3.09. The molecule has 0 radical (unpaired) electrons. The van der Waals surface area contributed by atoms with Gasteiger partial charge in [0.1, 0.15) is 11.4 Å². The van der Waals surface area contributed by atoms with Gasteiger partial charge in [-0.25, -0.2) is 10.1 Å². The van der Waals surface area contributed by atoms with Crippen molar-refractivity contribution in [2.24, 2.45) is 5.10 Å². The van der Waals surface area contributed by atoms with Crippen molar-refractivity contribution in [3.05, 3.63) is 69.9 Å². The number of anilines is 1. The van der Waals surface area contributed by atoms with E-state index in [1.807, 2.05) is 6.92 Å². The van der Waals surface area contributed by atoms with E-state index >= 15 is 0 Å². The van der Waals surface area contributed by atoms with E-state index in [-0.39, 0.29) is 34.3 Å². The van der Waals surface area contributed by atoms with Crippen LogP contribution in [0.3, 0.4) is 0 Å². The zero-order chi connectivity index (χ0) is 24.8. The number of ether oxygens (including phenoxy) is 1. The highest BCUT2D eigenvalue weighted by Gasteiger charge is 2.25. The summed E-state index contributed by atoms with van der Waals surface area (Å²) in [6.45, 7) is 2.56. The summed E-state index contributed by atoms with van der Waals surface area (Å²) in [4.78, 5) is 23.6. The van der Waals surface area contributed by atoms with Crippen LogP contribution in [0.5, 0.6) is 5.75 Å². The number of aromatic nitrogens is 5. The Labute approximate surface area is 197 Å². The lowest BCUT2D eigenvalue weighted by Crippen LogP contribution is -2.19. The van der Waals surface area contributed by atoms with E-state index in [4.69, 9.17) is 10.5 Å². The molecule has 0 saturated carbocycles. The van der Waals surface area contributed by atoms with Crippen molar-refractivity contribution in [3.63, 3.8) is 0 Å². The summed E-state index contributed by atoms with van der Waals surface area (Å²) in [6, 6.07) is 12.9. The first-order valence-corrected chi connectivity index (χ1v) is 10.3. The van der Waals surface area contributed by atoms with Crippen LogP contribution in [0.25, 0.3) is 17.1 Å². The Balaban J connectivity index is 1.66. The number of benzene rings is 2. The fraction of sp³-hybridized carbons (Fsp3) is 0.143. The predicted octanol–water partition coefficient (Wildman–Crippen LogP) is 2.36. The lowest BCUT2D eigenvalue weighted by Gasteiger charge is -2.08. The third-order valence-electron chi connectivity index (χ3n) is 4.69. The number of nitro groups is 1. The molecule has 0 fully saturated rings. The molecule has 2 heterocycles. The number of hydrogen-bond acceptors (Lipinski definition) is 11. The summed E-state index contributed by atoms with van der Waals surface area (Å²) in [6.07, 6.45) is 2.02. The molecule has 0 aliphatic rings. The first kappa shape index (κ1) is 23.0. The Morgan fingerprint density at radius 2 is 2.03 bits per heavy atom. The number of carbonyl (C=O) groups excluding carboxylic acids is 1. The maximum Gasteiger partial charge on any atom is 0.294 e. The van der Waals surface area contributed by atoms with E-state index in [0.29, 0.717) is 17.9 Å². The summed E-state index contributed by atoms with van der Waals surface area (Å²) in [7, 11) is 0. The molecule has 0 atom stereocenters. The number of hydrogen-bond donors (Lipinski definition) is 2. The Morgan fingerprint density at radius 1 is 1.26 bits per heavy atom. The van der Waals surface area contributed by atoms with Gasteiger partial charge in [-0.2, -0.15) is 9.78 Å². The minimum absolute atomic E-state index is 0.0428. The summed E-state index contributed by atoms with van der Waals surface area (Å²) < 4.78 is 11.5. The molecule has 0 saturated heterocycles. The smallest absolute Gasteiger partial charge is 0.294 e. The molecule has 14 heteroatoms. The van der Waals surface area contributed by atoms with Crippen LogP contribution >= 0.6 is 0 Å². The zero-order valence-corrected chi connectivity index (χ0v) is 18.4. The van der Waals surface area contributed by atoms with Gasteiger partial charge in [-0.1, -0.05) is 24.3 Å². The normalized spacial score (nSPS) is 11.0. The molecule has 2 aromatic carbocycles. The molecule has 2 aromatic heterocycles.